The molecule has 0 N–H and O–H groups in total. The van der Waals surface area contributed by atoms with Crippen molar-refractivity contribution in [2.24, 2.45) is 0 Å². The molecule has 2 aromatic rings. The van der Waals surface area contributed by atoms with Gasteiger partial charge in [0.05, 0.1) is 17.4 Å². The Balaban J connectivity index is 2.40. The molecule has 112 valence electrons. The molecular weight excluding hydrogens is 293 g/mol. The lowest BCUT2D eigenvalue weighted by Crippen LogP contribution is -2.31. The van der Waals surface area contributed by atoms with Crippen LogP contribution in [0.15, 0.2) is 30.5 Å². The fraction of sp³-hybridized carbons (Fsp3) is 0.333. The summed E-state index contributed by atoms with van der Waals surface area (Å²) < 4.78 is 15.4. The third-order valence-electron chi connectivity index (χ3n) is 3.16. The molecule has 0 aliphatic carbocycles. The summed E-state index contributed by atoms with van der Waals surface area (Å²) in [5, 5.41) is 4.38. The van der Waals surface area contributed by atoms with Crippen LogP contribution in [0.3, 0.4) is 0 Å². The zero-order chi connectivity index (χ0) is 15.6. The smallest absolute Gasteiger partial charge is 0.263 e. The van der Waals surface area contributed by atoms with Crippen molar-refractivity contribution in [2.45, 2.75) is 26.8 Å². The maximum Gasteiger partial charge on any atom is 0.263 e. The summed E-state index contributed by atoms with van der Waals surface area (Å²) in [7, 11) is 0. The van der Waals surface area contributed by atoms with E-state index in [0.717, 1.165) is 0 Å². The Morgan fingerprint density at radius 3 is 2.62 bits per heavy atom. The van der Waals surface area contributed by atoms with Gasteiger partial charge in [-0.3, -0.25) is 9.48 Å². The number of rotatable bonds is 4. The maximum absolute atomic E-state index is 13.9. The number of hydrogen-bond donors (Lipinski definition) is 0. The second-order valence-electron chi connectivity index (χ2n) is 4.89. The van der Waals surface area contributed by atoms with Gasteiger partial charge in [-0.15, -0.1) is 0 Å². The monoisotopic (exact) mass is 309 g/mol. The second-order valence-corrected chi connectivity index (χ2v) is 5.25. The zero-order valence-electron chi connectivity index (χ0n) is 12.2. The van der Waals surface area contributed by atoms with Gasteiger partial charge in [0.15, 0.2) is 0 Å². The van der Waals surface area contributed by atoms with E-state index in [1.54, 1.807) is 29.8 Å². The first kappa shape index (κ1) is 15.5. The molecule has 0 saturated heterocycles. The normalized spacial score (nSPS) is 11.0. The summed E-state index contributed by atoms with van der Waals surface area (Å²) in [5.41, 5.74) is 0.508. The third-order valence-corrected chi connectivity index (χ3v) is 3.54. The quantitative estimate of drug-likeness (QED) is 0.858. The van der Waals surface area contributed by atoms with Gasteiger partial charge in [0, 0.05) is 12.6 Å². The minimum absolute atomic E-state index is 0.0441. The lowest BCUT2D eigenvalue weighted by Gasteiger charge is -2.21. The number of benzene rings is 1. The molecule has 0 bridgehead atoms. The first-order valence-electron chi connectivity index (χ1n) is 6.76. The largest absolute Gasteiger partial charge is 0.306 e. The molecule has 0 saturated carbocycles. The Bertz CT molecular complexity index is 654. The van der Waals surface area contributed by atoms with Crippen LogP contribution >= 0.6 is 11.6 Å². The van der Waals surface area contributed by atoms with Gasteiger partial charge in [-0.25, -0.2) is 4.39 Å². The average Bonchev–Trinajstić information content (AvgIpc) is 2.83. The van der Waals surface area contributed by atoms with Crippen LogP contribution < -0.4 is 4.90 Å². The maximum atomic E-state index is 13.9. The van der Waals surface area contributed by atoms with Crippen molar-refractivity contribution in [2.75, 3.05) is 11.4 Å². The van der Waals surface area contributed by atoms with Crippen LogP contribution in [0.4, 0.5) is 10.1 Å². The highest BCUT2D eigenvalue weighted by atomic mass is 35.5. The summed E-state index contributed by atoms with van der Waals surface area (Å²) in [5.74, 6) is -0.806. The van der Waals surface area contributed by atoms with Crippen LogP contribution in [0.5, 0.6) is 0 Å². The topological polar surface area (TPSA) is 38.1 Å². The molecule has 1 heterocycles. The number of amides is 1. The molecule has 1 aromatic carbocycles. The molecule has 2 rings (SSSR count). The van der Waals surface area contributed by atoms with Crippen molar-refractivity contribution < 1.29 is 9.18 Å². The van der Waals surface area contributed by atoms with Crippen molar-refractivity contribution in [3.05, 3.63) is 47.0 Å². The SMILES string of the molecule is CCN(C(=O)c1cnn(C(C)C)c1Cl)c1ccccc1F. The van der Waals surface area contributed by atoms with E-state index in [0.29, 0.717) is 6.54 Å². The van der Waals surface area contributed by atoms with E-state index in [9.17, 15) is 9.18 Å². The molecule has 0 radical (unpaired) electrons. The van der Waals surface area contributed by atoms with Crippen LogP contribution in [-0.2, 0) is 0 Å². The van der Waals surface area contributed by atoms with Crippen molar-refractivity contribution >= 4 is 23.2 Å². The molecule has 0 aliphatic heterocycles. The van der Waals surface area contributed by atoms with Gasteiger partial charge in [0.25, 0.3) is 5.91 Å². The summed E-state index contributed by atoms with van der Waals surface area (Å²) in [6.07, 6.45) is 1.42. The van der Waals surface area contributed by atoms with E-state index in [-0.39, 0.29) is 28.4 Å². The van der Waals surface area contributed by atoms with Gasteiger partial charge in [-0.2, -0.15) is 5.10 Å². The van der Waals surface area contributed by atoms with Crippen LogP contribution in [0.1, 0.15) is 37.2 Å². The predicted octanol–water partition coefficient (Wildman–Crippen LogP) is 3.92. The highest BCUT2D eigenvalue weighted by Crippen LogP contribution is 2.25. The highest BCUT2D eigenvalue weighted by Gasteiger charge is 2.24. The lowest BCUT2D eigenvalue weighted by molar-refractivity contribution is 0.0987. The van der Waals surface area contributed by atoms with Crippen molar-refractivity contribution in [1.29, 1.82) is 0 Å². The van der Waals surface area contributed by atoms with E-state index in [1.165, 1.54) is 17.2 Å². The number of hydrogen-bond acceptors (Lipinski definition) is 2. The van der Waals surface area contributed by atoms with E-state index >= 15 is 0 Å². The molecule has 4 nitrogen and oxygen atoms in total. The van der Waals surface area contributed by atoms with Gasteiger partial charge >= 0.3 is 0 Å². The molecule has 0 fully saturated rings. The van der Waals surface area contributed by atoms with Gasteiger partial charge in [-0.05, 0) is 32.9 Å². The summed E-state index contributed by atoms with van der Waals surface area (Å²) in [6.45, 7) is 5.96. The standard InChI is InChI=1S/C15H17ClFN3O/c1-4-19(13-8-6-5-7-12(13)17)15(21)11-9-18-20(10(2)3)14(11)16/h5-10H,4H2,1-3H3. The Kier molecular flexibility index (Phi) is 4.63. The Morgan fingerprint density at radius 2 is 2.10 bits per heavy atom. The van der Waals surface area contributed by atoms with Gasteiger partial charge in [0.2, 0.25) is 0 Å². The Hall–Kier alpha value is -1.88. The molecule has 1 aromatic heterocycles. The van der Waals surface area contributed by atoms with Crippen molar-refractivity contribution in [1.82, 2.24) is 9.78 Å². The van der Waals surface area contributed by atoms with E-state index < -0.39 is 5.82 Å². The first-order valence-corrected chi connectivity index (χ1v) is 7.14. The highest BCUT2D eigenvalue weighted by molar-refractivity contribution is 6.33. The van der Waals surface area contributed by atoms with Crippen LogP contribution in [0.25, 0.3) is 0 Å². The van der Waals surface area contributed by atoms with Gasteiger partial charge in [-0.1, -0.05) is 23.7 Å². The second kappa shape index (κ2) is 6.26. The summed E-state index contributed by atoms with van der Waals surface area (Å²) >= 11 is 6.20. The predicted molar refractivity (Wildman–Crippen MR) is 81.4 cm³/mol. The first-order chi connectivity index (χ1) is 9.97. The van der Waals surface area contributed by atoms with Gasteiger partial charge in [0.1, 0.15) is 11.0 Å². The number of aromatic nitrogens is 2. The van der Waals surface area contributed by atoms with E-state index in [1.807, 2.05) is 13.8 Å². The lowest BCUT2D eigenvalue weighted by atomic mass is 10.2. The van der Waals surface area contributed by atoms with Crippen LogP contribution in [0, 0.1) is 5.82 Å². The number of nitrogens with zero attached hydrogens (tertiary/aromatic N) is 3. The Labute approximate surface area is 128 Å². The van der Waals surface area contributed by atoms with E-state index in [4.69, 9.17) is 11.6 Å². The average molecular weight is 310 g/mol. The number of anilines is 1. The van der Waals surface area contributed by atoms with E-state index in [2.05, 4.69) is 5.10 Å². The summed E-state index contributed by atoms with van der Waals surface area (Å²) in [4.78, 5) is 14.0. The van der Waals surface area contributed by atoms with Crippen molar-refractivity contribution in [3.63, 3.8) is 0 Å². The minimum Gasteiger partial charge on any atom is -0.306 e. The van der Waals surface area contributed by atoms with Crippen molar-refractivity contribution in [3.8, 4) is 0 Å². The number of para-hydroxylation sites is 1. The molecule has 0 atom stereocenters. The van der Waals surface area contributed by atoms with Crippen LogP contribution in [-0.4, -0.2) is 22.2 Å². The fourth-order valence-corrected chi connectivity index (χ4v) is 2.46. The van der Waals surface area contributed by atoms with Gasteiger partial charge < -0.3 is 4.90 Å². The summed E-state index contributed by atoms with van der Waals surface area (Å²) in [6, 6.07) is 6.21. The molecular formula is C15H17ClFN3O. The van der Waals surface area contributed by atoms with Crippen LogP contribution in [0.2, 0.25) is 5.15 Å². The molecule has 0 aliphatic rings. The number of halogens is 2. The zero-order valence-corrected chi connectivity index (χ0v) is 12.9. The Morgan fingerprint density at radius 1 is 1.43 bits per heavy atom. The number of carbonyl (C=O) groups excluding carboxylic acids is 1. The molecule has 21 heavy (non-hydrogen) atoms. The third kappa shape index (κ3) is 2.93. The minimum atomic E-state index is -0.444. The molecule has 0 unspecified atom stereocenters. The molecule has 6 heteroatoms. The molecule has 1 amide bonds. The number of carbonyl (C=O) groups is 1. The molecule has 0 spiro atoms. The fourth-order valence-electron chi connectivity index (χ4n) is 2.09.